The van der Waals surface area contributed by atoms with E-state index in [0.717, 1.165) is 12.2 Å². The van der Waals surface area contributed by atoms with Gasteiger partial charge in [-0.3, -0.25) is 5.32 Å². The molecule has 0 aliphatic rings. The van der Waals surface area contributed by atoms with Crippen molar-refractivity contribution in [3.8, 4) is 0 Å². The molecular weight excluding hydrogens is 252 g/mol. The van der Waals surface area contributed by atoms with Crippen LogP contribution in [0.2, 0.25) is 0 Å². The second-order valence-electron chi connectivity index (χ2n) is 4.48. The van der Waals surface area contributed by atoms with Gasteiger partial charge in [-0.15, -0.1) is 0 Å². The molecule has 4 heteroatoms. The summed E-state index contributed by atoms with van der Waals surface area (Å²) in [5, 5.41) is 5.98. The van der Waals surface area contributed by atoms with Crippen LogP contribution in [0.1, 0.15) is 11.1 Å². The van der Waals surface area contributed by atoms with Crippen molar-refractivity contribution in [3.05, 3.63) is 59.7 Å². The van der Waals surface area contributed by atoms with Gasteiger partial charge in [-0.25, -0.2) is 4.79 Å². The summed E-state index contributed by atoms with van der Waals surface area (Å²) in [5.41, 5.74) is 4.15. The largest absolute Gasteiger partial charge is 0.453 e. The fourth-order valence-electron chi connectivity index (χ4n) is 1.88. The molecule has 0 bridgehead atoms. The molecule has 20 heavy (non-hydrogen) atoms. The summed E-state index contributed by atoms with van der Waals surface area (Å²) in [6, 6.07) is 15.8. The van der Waals surface area contributed by atoms with E-state index in [9.17, 15) is 4.79 Å². The third kappa shape index (κ3) is 3.75. The van der Waals surface area contributed by atoms with Crippen LogP contribution in [-0.4, -0.2) is 13.2 Å². The first-order valence-corrected chi connectivity index (χ1v) is 6.42. The van der Waals surface area contributed by atoms with Crippen molar-refractivity contribution in [2.75, 3.05) is 17.7 Å². The first-order chi connectivity index (χ1) is 9.69. The molecule has 0 saturated heterocycles. The molecule has 0 aliphatic carbocycles. The molecule has 2 aromatic rings. The Morgan fingerprint density at radius 2 is 1.85 bits per heavy atom. The van der Waals surface area contributed by atoms with Crippen molar-refractivity contribution < 1.29 is 9.53 Å². The van der Waals surface area contributed by atoms with Gasteiger partial charge in [-0.2, -0.15) is 0 Å². The maximum absolute atomic E-state index is 11.2. The Balaban J connectivity index is 2.01. The number of carbonyl (C=O) groups excluding carboxylic acids is 1. The Labute approximate surface area is 118 Å². The van der Waals surface area contributed by atoms with Gasteiger partial charge in [0.1, 0.15) is 0 Å². The molecule has 0 unspecified atom stereocenters. The third-order valence-corrected chi connectivity index (χ3v) is 3.04. The molecule has 0 atom stereocenters. The lowest BCUT2D eigenvalue weighted by atomic mass is 10.1. The van der Waals surface area contributed by atoms with Crippen molar-refractivity contribution in [2.45, 2.75) is 13.5 Å². The summed E-state index contributed by atoms with van der Waals surface area (Å²) in [6.45, 7) is 2.83. The van der Waals surface area contributed by atoms with Crippen LogP contribution in [0.15, 0.2) is 48.5 Å². The summed E-state index contributed by atoms with van der Waals surface area (Å²) in [5.74, 6) is 0. The maximum atomic E-state index is 11.2. The number of ether oxygens (including phenoxy) is 1. The molecule has 0 saturated carbocycles. The topological polar surface area (TPSA) is 50.4 Å². The number of nitrogens with one attached hydrogen (secondary N) is 2. The fraction of sp³-hybridized carbons (Fsp3) is 0.188. The molecule has 0 heterocycles. The molecule has 0 aromatic heterocycles. The van der Waals surface area contributed by atoms with Gasteiger partial charge in [0.15, 0.2) is 0 Å². The van der Waals surface area contributed by atoms with Crippen molar-refractivity contribution in [1.29, 1.82) is 0 Å². The molecule has 104 valence electrons. The second-order valence-corrected chi connectivity index (χ2v) is 4.48. The molecule has 0 aliphatic heterocycles. The molecule has 2 aromatic carbocycles. The molecule has 0 radical (unpaired) electrons. The molecule has 0 fully saturated rings. The number of amides is 1. The highest BCUT2D eigenvalue weighted by atomic mass is 16.5. The third-order valence-electron chi connectivity index (χ3n) is 3.04. The summed E-state index contributed by atoms with van der Waals surface area (Å²) in [7, 11) is 1.34. The van der Waals surface area contributed by atoms with Gasteiger partial charge in [-0.1, -0.05) is 30.3 Å². The SMILES string of the molecule is COC(=O)Nc1cccc(NCc2ccccc2C)c1. The quantitative estimate of drug-likeness (QED) is 0.888. The van der Waals surface area contributed by atoms with Crippen LogP contribution in [0.5, 0.6) is 0 Å². The van der Waals surface area contributed by atoms with Gasteiger partial charge in [0, 0.05) is 17.9 Å². The highest BCUT2D eigenvalue weighted by Crippen LogP contribution is 2.17. The number of aryl methyl sites for hydroxylation is 1. The van der Waals surface area contributed by atoms with E-state index in [4.69, 9.17) is 0 Å². The lowest BCUT2D eigenvalue weighted by Gasteiger charge is -2.10. The van der Waals surface area contributed by atoms with Gasteiger partial charge < -0.3 is 10.1 Å². The average Bonchev–Trinajstić information content (AvgIpc) is 2.47. The van der Waals surface area contributed by atoms with Gasteiger partial charge in [-0.05, 0) is 36.2 Å². The van der Waals surface area contributed by atoms with Crippen LogP contribution in [0, 0.1) is 6.92 Å². The number of hydrogen-bond donors (Lipinski definition) is 2. The number of carbonyl (C=O) groups is 1. The summed E-state index contributed by atoms with van der Waals surface area (Å²) in [6.07, 6.45) is -0.471. The average molecular weight is 270 g/mol. The predicted molar refractivity (Wildman–Crippen MR) is 81.0 cm³/mol. The number of hydrogen-bond acceptors (Lipinski definition) is 3. The van der Waals surface area contributed by atoms with E-state index < -0.39 is 6.09 Å². The Morgan fingerprint density at radius 1 is 1.10 bits per heavy atom. The van der Waals surface area contributed by atoms with E-state index in [1.54, 1.807) is 0 Å². The van der Waals surface area contributed by atoms with Gasteiger partial charge in [0.25, 0.3) is 0 Å². The van der Waals surface area contributed by atoms with Crippen LogP contribution in [0.4, 0.5) is 16.2 Å². The molecular formula is C16H18N2O2. The number of benzene rings is 2. The van der Waals surface area contributed by atoms with Crippen LogP contribution >= 0.6 is 0 Å². The van der Waals surface area contributed by atoms with Crippen LogP contribution in [0.3, 0.4) is 0 Å². The Kier molecular flexibility index (Phi) is 4.60. The van der Waals surface area contributed by atoms with E-state index in [-0.39, 0.29) is 0 Å². The first-order valence-electron chi connectivity index (χ1n) is 6.42. The summed E-state index contributed by atoms with van der Waals surface area (Å²) < 4.78 is 4.57. The van der Waals surface area contributed by atoms with E-state index in [1.165, 1.54) is 18.2 Å². The highest BCUT2D eigenvalue weighted by Gasteiger charge is 2.02. The number of methoxy groups -OCH3 is 1. The second kappa shape index (κ2) is 6.61. The minimum atomic E-state index is -0.471. The smallest absolute Gasteiger partial charge is 0.411 e. The van der Waals surface area contributed by atoms with Crippen molar-refractivity contribution in [2.24, 2.45) is 0 Å². The fourth-order valence-corrected chi connectivity index (χ4v) is 1.88. The van der Waals surface area contributed by atoms with Crippen LogP contribution in [0.25, 0.3) is 0 Å². The Morgan fingerprint density at radius 3 is 2.60 bits per heavy atom. The monoisotopic (exact) mass is 270 g/mol. The molecule has 0 spiro atoms. The van der Waals surface area contributed by atoms with Crippen molar-refractivity contribution in [1.82, 2.24) is 0 Å². The van der Waals surface area contributed by atoms with Gasteiger partial charge in [0.05, 0.1) is 7.11 Å². The lowest BCUT2D eigenvalue weighted by Crippen LogP contribution is -2.11. The Hall–Kier alpha value is -2.49. The minimum Gasteiger partial charge on any atom is -0.453 e. The van der Waals surface area contributed by atoms with E-state index in [0.29, 0.717) is 5.69 Å². The minimum absolute atomic E-state index is 0.471. The van der Waals surface area contributed by atoms with Gasteiger partial charge in [0.2, 0.25) is 0 Å². The lowest BCUT2D eigenvalue weighted by molar-refractivity contribution is 0.187. The number of anilines is 2. The van der Waals surface area contributed by atoms with E-state index in [1.807, 2.05) is 36.4 Å². The maximum Gasteiger partial charge on any atom is 0.411 e. The summed E-state index contributed by atoms with van der Waals surface area (Å²) >= 11 is 0. The van der Waals surface area contributed by atoms with Gasteiger partial charge >= 0.3 is 6.09 Å². The number of rotatable bonds is 4. The molecule has 2 rings (SSSR count). The first kappa shape index (κ1) is 13.9. The van der Waals surface area contributed by atoms with Crippen molar-refractivity contribution >= 4 is 17.5 Å². The normalized spacial score (nSPS) is 9.90. The van der Waals surface area contributed by atoms with E-state index in [2.05, 4.69) is 34.4 Å². The molecule has 4 nitrogen and oxygen atoms in total. The van der Waals surface area contributed by atoms with Crippen molar-refractivity contribution in [3.63, 3.8) is 0 Å². The standard InChI is InChI=1S/C16H18N2O2/c1-12-6-3-4-7-13(12)11-17-14-8-5-9-15(10-14)18-16(19)20-2/h3-10,17H,11H2,1-2H3,(H,18,19). The molecule has 2 N–H and O–H groups in total. The molecule has 1 amide bonds. The zero-order valence-corrected chi connectivity index (χ0v) is 11.6. The zero-order valence-electron chi connectivity index (χ0n) is 11.6. The predicted octanol–water partition coefficient (Wildman–Crippen LogP) is 3.79. The van der Waals surface area contributed by atoms with Crippen LogP contribution < -0.4 is 10.6 Å². The Bertz CT molecular complexity index is 597. The van der Waals surface area contributed by atoms with E-state index >= 15 is 0 Å². The summed E-state index contributed by atoms with van der Waals surface area (Å²) in [4.78, 5) is 11.2. The zero-order chi connectivity index (χ0) is 14.4. The van der Waals surface area contributed by atoms with Crippen LogP contribution in [-0.2, 0) is 11.3 Å². The highest BCUT2D eigenvalue weighted by molar-refractivity contribution is 5.85.